The maximum Gasteiger partial charge on any atom is 0.501 e. The lowest BCUT2D eigenvalue weighted by atomic mass is 9.31. The number of piperazine rings is 2. The van der Waals surface area contributed by atoms with Gasteiger partial charge < -0.3 is 35.8 Å². The second-order valence-electron chi connectivity index (χ2n) is 31.8. The molecule has 5 amide bonds. The zero-order chi connectivity index (χ0) is 75.3. The summed E-state index contributed by atoms with van der Waals surface area (Å²) < 4.78 is 100. The third-order valence-electron chi connectivity index (χ3n) is 22.4. The van der Waals surface area contributed by atoms with Gasteiger partial charge in [0.05, 0.1) is 32.8 Å². The van der Waals surface area contributed by atoms with Gasteiger partial charge in [0.1, 0.15) is 17.0 Å². The van der Waals surface area contributed by atoms with Crippen LogP contribution < -0.4 is 25.6 Å². The summed E-state index contributed by atoms with van der Waals surface area (Å²) in [5, 5.41) is 19.6. The first-order valence-corrected chi connectivity index (χ1v) is 41.9. The molecular weight excluding hydrogens is 1420 g/mol. The highest BCUT2D eigenvalue weighted by Gasteiger charge is 2.68. The van der Waals surface area contributed by atoms with Crippen molar-refractivity contribution in [3.05, 3.63) is 131 Å². The Balaban J connectivity index is 0.629. The average Bonchev–Trinajstić information content (AvgIpc) is 1.13. The molecular formula is C78H103F3N10O10S4. The number of rotatable bonds is 30. The molecule has 3 saturated carbocycles. The Bertz CT molecular complexity index is 4170. The number of anilines is 2. The number of hydrogen-bond donors (Lipinski definition) is 5. The zero-order valence-corrected chi connectivity index (χ0v) is 64.8. The highest BCUT2D eigenvalue weighted by Crippen LogP contribution is 2.79. The Labute approximate surface area is 625 Å². The van der Waals surface area contributed by atoms with Crippen LogP contribution >= 0.6 is 23.1 Å². The molecule has 0 radical (unpaired) electrons. The number of hydrogen-bond acceptors (Lipinski definition) is 17. The molecule has 4 aliphatic carbocycles. The number of carbonyl (C=O) groups excluding carboxylic acids is 5. The number of aliphatic hydroxyl groups excluding tert-OH is 1. The number of thioether (sulfide) groups is 1. The lowest BCUT2D eigenvalue weighted by Crippen LogP contribution is -2.63. The zero-order valence-electron chi connectivity index (χ0n) is 61.5. The number of amides is 5. The number of nitrogens with zero attached hydrogens (tertiary/aromatic N) is 6. The van der Waals surface area contributed by atoms with E-state index in [1.807, 2.05) is 87.0 Å². The number of aryl methyl sites for hydroxylation is 1. The molecule has 3 aliphatic heterocycles. The number of likely N-dealkylation sites (tertiary alicyclic amines) is 1. The van der Waals surface area contributed by atoms with Crippen LogP contribution in [-0.4, -0.2) is 184 Å². The Morgan fingerprint density at radius 1 is 0.810 bits per heavy atom. The van der Waals surface area contributed by atoms with E-state index >= 15 is 0 Å². The van der Waals surface area contributed by atoms with Crippen LogP contribution in [0.1, 0.15) is 159 Å². The van der Waals surface area contributed by atoms with Crippen LogP contribution in [0.25, 0.3) is 10.4 Å². The molecule has 6 fully saturated rings. The number of sulfonamides is 1. The van der Waals surface area contributed by atoms with E-state index in [-0.39, 0.29) is 49.1 Å². The van der Waals surface area contributed by atoms with Crippen LogP contribution in [0.2, 0.25) is 0 Å². The van der Waals surface area contributed by atoms with Gasteiger partial charge in [-0.1, -0.05) is 114 Å². The predicted molar refractivity (Wildman–Crippen MR) is 405 cm³/mol. The van der Waals surface area contributed by atoms with E-state index in [1.54, 1.807) is 45.0 Å². The van der Waals surface area contributed by atoms with Gasteiger partial charge in [-0.25, -0.2) is 26.5 Å². The van der Waals surface area contributed by atoms with Crippen LogP contribution in [0.5, 0.6) is 0 Å². The van der Waals surface area contributed by atoms with Crippen LogP contribution in [0.15, 0.2) is 128 Å². The van der Waals surface area contributed by atoms with E-state index in [2.05, 4.69) is 56.4 Å². The summed E-state index contributed by atoms with van der Waals surface area (Å²) in [6, 6.07) is 23.4. The fourth-order valence-corrected chi connectivity index (χ4v) is 20.0. The topological polar surface area (TPSA) is 251 Å². The smallest absolute Gasteiger partial charge is 0.391 e. The van der Waals surface area contributed by atoms with Crippen molar-refractivity contribution in [3.63, 3.8) is 0 Å². The molecule has 20 nitrogen and oxygen atoms in total. The van der Waals surface area contributed by atoms with Crippen LogP contribution in [0, 0.1) is 28.6 Å². The van der Waals surface area contributed by atoms with E-state index in [4.69, 9.17) is 0 Å². The molecule has 7 aliphatic rings. The van der Waals surface area contributed by atoms with Gasteiger partial charge in [0.15, 0.2) is 0 Å². The summed E-state index contributed by atoms with van der Waals surface area (Å²) >= 11 is 2.96. The number of benzene rings is 4. The summed E-state index contributed by atoms with van der Waals surface area (Å²) in [5.74, 6) is -1.95. The van der Waals surface area contributed by atoms with Crippen LogP contribution in [-0.2, 0) is 45.6 Å². The van der Waals surface area contributed by atoms with Crippen molar-refractivity contribution in [2.45, 2.75) is 196 Å². The van der Waals surface area contributed by atoms with Crippen LogP contribution in [0.4, 0.5) is 24.5 Å². The minimum atomic E-state index is -6.17. The van der Waals surface area contributed by atoms with Gasteiger partial charge in [-0.15, -0.1) is 23.1 Å². The van der Waals surface area contributed by atoms with Crippen molar-refractivity contribution < 1.29 is 59.1 Å². The SMILES string of the molecule is CCC12CC(C3=C(CN4CCN(c5ccc(C(=O)NS(=O)(=O)c6ccc(N[C@H](CCN7CCN(C(=O)CCCCCCC(=O)N[C@H](C(=O)N8C[C@H](O)C[C@H]8C(=O)NCc8ccc(-c9scnc9C)cc8)C(C)(C)C)CC7)CSc7ccccc7)c(S(=O)(=O)C(F)(F)F)c6)cc5)CC4)CCC(C)(C)C3)(C1)C2. The molecule has 570 valence electrons. The van der Waals surface area contributed by atoms with Crippen molar-refractivity contribution in [3.8, 4) is 10.4 Å². The Kier molecular flexibility index (Phi) is 24.8. The molecule has 12 rings (SSSR count). The van der Waals surface area contributed by atoms with Gasteiger partial charge in [-0.2, -0.15) is 13.2 Å². The Morgan fingerprint density at radius 2 is 1.48 bits per heavy atom. The summed E-state index contributed by atoms with van der Waals surface area (Å²) in [7, 11) is -11.1. The number of nitrogens with one attached hydrogen (secondary N) is 4. The summed E-state index contributed by atoms with van der Waals surface area (Å²) in [6.07, 6.45) is 11.2. The van der Waals surface area contributed by atoms with E-state index in [1.165, 1.54) is 67.3 Å². The van der Waals surface area contributed by atoms with Crippen molar-refractivity contribution in [1.82, 2.24) is 39.9 Å². The van der Waals surface area contributed by atoms with Gasteiger partial charge in [0.25, 0.3) is 25.8 Å². The molecule has 4 atom stereocenters. The van der Waals surface area contributed by atoms with E-state index < -0.39 is 88.2 Å². The monoisotopic (exact) mass is 1520 g/mol. The summed E-state index contributed by atoms with van der Waals surface area (Å²) in [5.41, 5.74) is 3.17. The molecule has 1 aromatic heterocycles. The van der Waals surface area contributed by atoms with Crippen molar-refractivity contribution in [2.75, 3.05) is 88.0 Å². The van der Waals surface area contributed by atoms with Gasteiger partial charge in [0.2, 0.25) is 23.6 Å². The van der Waals surface area contributed by atoms with Gasteiger partial charge in [-0.3, -0.25) is 33.8 Å². The first-order valence-electron chi connectivity index (χ1n) is 37.0. The molecule has 3 saturated heterocycles. The molecule has 105 heavy (non-hydrogen) atoms. The highest BCUT2D eigenvalue weighted by atomic mass is 32.2. The first-order chi connectivity index (χ1) is 49.7. The van der Waals surface area contributed by atoms with Gasteiger partial charge in [-0.05, 0) is 152 Å². The molecule has 27 heteroatoms. The Morgan fingerprint density at radius 3 is 2.11 bits per heavy atom. The van der Waals surface area contributed by atoms with E-state index in [0.717, 1.165) is 83.6 Å². The maximum absolute atomic E-state index is 14.6. The van der Waals surface area contributed by atoms with E-state index in [9.17, 15) is 59.1 Å². The first kappa shape index (κ1) is 79.2. The number of β-amino-alcohol motifs (C(OH)–C–C–N with tert-alkyl or cyclic N) is 1. The van der Waals surface area contributed by atoms with Crippen molar-refractivity contribution in [1.29, 1.82) is 0 Å². The second kappa shape index (κ2) is 32.9. The molecule has 2 bridgehead atoms. The van der Waals surface area contributed by atoms with Crippen molar-refractivity contribution >= 4 is 83.9 Å². The number of aromatic nitrogens is 1. The largest absolute Gasteiger partial charge is 0.501 e. The third kappa shape index (κ3) is 19.2. The second-order valence-corrected chi connectivity index (χ2v) is 37.3. The standard InChI is InChI=1S/C78H103F3N10O10S4/c1-8-76-49-77(50-76,51-76)63-44-75(6,7)32-30-57(63)46-88-36-38-89(39-37-88)59-26-24-56(25-27-59)71(95)86-105(100,101)62-28-29-64(66(43-62)104(98,99)78(79,80)81)84-58(48-102-61-16-12-11-13-17-61)31-33-87-34-40-90(41-35-87)68(94)19-15-10-9-14-18-67(93)85-70(74(3,4)5)73(97)91-47-60(92)42-65(91)72(96)82-45-54-20-22-55(23-21-54)69-53(2)83-52-103-69/h11-13,16-17,20-29,43,52,58,60,65,70,84,92H,8-10,14-15,18-19,30-42,44-51H2,1-7H3,(H,82,96)(H,85,93)(H,86,95)/t58-,60-,65+,70-,76?,77?/m1/s1. The predicted octanol–water partition coefficient (Wildman–Crippen LogP) is 12.0. The number of halogens is 3. The third-order valence-corrected chi connectivity index (χ3v) is 27.4. The molecule has 0 unspecified atom stereocenters. The van der Waals surface area contributed by atoms with Gasteiger partial charge >= 0.3 is 5.51 Å². The maximum atomic E-state index is 14.6. The molecule has 4 aromatic carbocycles. The number of allylic oxidation sites excluding steroid dienone is 1. The fourth-order valence-electron chi connectivity index (χ4n) is 16.2. The average molecular weight is 1530 g/mol. The van der Waals surface area contributed by atoms with Crippen LogP contribution in [0.3, 0.4) is 0 Å². The summed E-state index contributed by atoms with van der Waals surface area (Å²) in [4.78, 5) is 82.4. The van der Waals surface area contributed by atoms with Gasteiger partial charge in [0, 0.05) is 126 Å². The molecule has 0 spiro atoms. The number of sulfone groups is 1. The lowest BCUT2D eigenvalue weighted by molar-refractivity contribution is -0.182. The van der Waals surface area contributed by atoms with Crippen molar-refractivity contribution in [2.24, 2.45) is 21.7 Å². The lowest BCUT2D eigenvalue weighted by Gasteiger charge is -2.73. The number of alkyl halides is 3. The summed E-state index contributed by atoms with van der Waals surface area (Å²) in [6.45, 7) is 21.3. The molecule has 5 N–H and O–H groups in total. The number of thiazole rings is 1. The number of carbonyl (C=O) groups is 5. The number of aliphatic hydroxyl groups is 1. The highest BCUT2D eigenvalue weighted by molar-refractivity contribution is 7.99. The minimum Gasteiger partial charge on any atom is -0.391 e. The number of unbranched alkanes of at least 4 members (excludes halogenated alkanes) is 3. The molecule has 4 heterocycles. The van der Waals surface area contributed by atoms with E-state index in [0.29, 0.717) is 93.6 Å². The normalized spacial score (nSPS) is 22.2. The fraction of sp³-hybridized carbons (Fsp3) is 0.564. The minimum absolute atomic E-state index is 0.0149. The Hall–Kier alpha value is -6.88. The quantitative estimate of drug-likeness (QED) is 0.0163. The molecule has 5 aromatic rings.